The van der Waals surface area contributed by atoms with Crippen molar-refractivity contribution >= 4 is 0 Å². The van der Waals surface area contributed by atoms with E-state index in [0.29, 0.717) is 11.0 Å². The fourth-order valence-electron chi connectivity index (χ4n) is 2.44. The van der Waals surface area contributed by atoms with Gasteiger partial charge in [0.2, 0.25) is 0 Å². The van der Waals surface area contributed by atoms with Crippen LogP contribution in [0.15, 0.2) is 0 Å². The van der Waals surface area contributed by atoms with Crippen molar-refractivity contribution in [1.82, 2.24) is 5.32 Å². The summed E-state index contributed by atoms with van der Waals surface area (Å²) >= 11 is 0. The molecule has 0 bridgehead atoms. The molecule has 1 aliphatic heterocycles. The lowest BCUT2D eigenvalue weighted by Gasteiger charge is -2.48. The number of nitrogens with one attached hydrogen (secondary N) is 1. The lowest BCUT2D eigenvalue weighted by molar-refractivity contribution is 0.0969. The minimum atomic E-state index is 0.405. The van der Waals surface area contributed by atoms with E-state index in [2.05, 4.69) is 33.0 Å². The normalized spacial score (nSPS) is 32.0. The lowest BCUT2D eigenvalue weighted by atomic mass is 9.68. The van der Waals surface area contributed by atoms with Gasteiger partial charge in [-0.3, -0.25) is 0 Å². The highest BCUT2D eigenvalue weighted by Crippen LogP contribution is 2.38. The summed E-state index contributed by atoms with van der Waals surface area (Å²) < 4.78 is 0. The van der Waals surface area contributed by atoms with E-state index in [0.717, 1.165) is 0 Å². The summed E-state index contributed by atoms with van der Waals surface area (Å²) in [5.41, 5.74) is 0.813. The molecule has 0 aromatic rings. The van der Waals surface area contributed by atoms with Crippen molar-refractivity contribution in [2.75, 3.05) is 6.54 Å². The Kier molecular flexibility index (Phi) is 2.82. The van der Waals surface area contributed by atoms with Gasteiger partial charge in [0.1, 0.15) is 0 Å². The predicted molar refractivity (Wildman–Crippen MR) is 54.3 cm³/mol. The van der Waals surface area contributed by atoms with Gasteiger partial charge >= 0.3 is 0 Å². The first-order valence-corrected chi connectivity index (χ1v) is 5.27. The first-order valence-electron chi connectivity index (χ1n) is 5.27. The maximum absolute atomic E-state index is 3.72. The molecule has 1 fully saturated rings. The second-order valence-corrected chi connectivity index (χ2v) is 5.07. The number of hydrogen-bond donors (Lipinski definition) is 1. The van der Waals surface area contributed by atoms with Crippen LogP contribution in [0.25, 0.3) is 0 Å². The van der Waals surface area contributed by atoms with Crippen LogP contribution in [-0.2, 0) is 0 Å². The largest absolute Gasteiger partial charge is 0.311 e. The Hall–Kier alpha value is -0.0400. The van der Waals surface area contributed by atoms with Crippen molar-refractivity contribution < 1.29 is 0 Å². The average Bonchev–Trinajstić information content (AvgIpc) is 2.04. The molecule has 1 heterocycles. The van der Waals surface area contributed by atoms with Crippen LogP contribution < -0.4 is 5.32 Å². The van der Waals surface area contributed by atoms with Crippen LogP contribution in [0.2, 0.25) is 0 Å². The Labute approximate surface area is 76.9 Å². The van der Waals surface area contributed by atoms with Crippen LogP contribution in [-0.4, -0.2) is 12.1 Å². The molecule has 1 rings (SSSR count). The third-order valence-corrected chi connectivity index (χ3v) is 3.53. The predicted octanol–water partition coefficient (Wildman–Crippen LogP) is 2.95. The standard InChI is InChI=1S/C11H23N/c1-5-11(10(2,3)4)8-6-7-9-12-11/h12H,5-9H2,1-4H3. The molecular formula is C11H23N. The second kappa shape index (κ2) is 3.37. The Balaban J connectivity index is 2.73. The summed E-state index contributed by atoms with van der Waals surface area (Å²) in [5.74, 6) is 0. The summed E-state index contributed by atoms with van der Waals surface area (Å²) in [6.45, 7) is 10.6. The zero-order valence-corrected chi connectivity index (χ0v) is 9.04. The molecule has 1 saturated heterocycles. The van der Waals surface area contributed by atoms with Crippen molar-refractivity contribution in [3.63, 3.8) is 0 Å². The topological polar surface area (TPSA) is 12.0 Å². The van der Waals surface area contributed by atoms with Gasteiger partial charge in [0, 0.05) is 5.54 Å². The maximum Gasteiger partial charge on any atom is 0.0227 e. The highest BCUT2D eigenvalue weighted by atomic mass is 15.0. The summed E-state index contributed by atoms with van der Waals surface area (Å²) in [6.07, 6.45) is 5.37. The highest BCUT2D eigenvalue weighted by molar-refractivity contribution is 4.98. The van der Waals surface area contributed by atoms with Gasteiger partial charge in [0.05, 0.1) is 0 Å². The fourth-order valence-corrected chi connectivity index (χ4v) is 2.44. The lowest BCUT2D eigenvalue weighted by Crippen LogP contribution is -2.56. The fraction of sp³-hybridized carbons (Fsp3) is 1.00. The van der Waals surface area contributed by atoms with E-state index in [-0.39, 0.29) is 0 Å². The summed E-state index contributed by atoms with van der Waals surface area (Å²) in [7, 11) is 0. The van der Waals surface area contributed by atoms with Crippen LogP contribution in [0, 0.1) is 5.41 Å². The molecule has 0 radical (unpaired) electrons. The van der Waals surface area contributed by atoms with Crippen LogP contribution in [0.3, 0.4) is 0 Å². The molecule has 12 heavy (non-hydrogen) atoms. The van der Waals surface area contributed by atoms with Gasteiger partial charge in [-0.25, -0.2) is 0 Å². The number of rotatable bonds is 1. The third-order valence-electron chi connectivity index (χ3n) is 3.53. The molecule has 0 saturated carbocycles. The monoisotopic (exact) mass is 169 g/mol. The Bertz CT molecular complexity index is 138. The molecule has 72 valence electrons. The first kappa shape index (κ1) is 10.0. The van der Waals surface area contributed by atoms with Crippen molar-refractivity contribution in [3.05, 3.63) is 0 Å². The van der Waals surface area contributed by atoms with E-state index in [4.69, 9.17) is 0 Å². The van der Waals surface area contributed by atoms with Crippen molar-refractivity contribution in [3.8, 4) is 0 Å². The van der Waals surface area contributed by atoms with Gasteiger partial charge in [-0.1, -0.05) is 34.1 Å². The molecule has 1 atom stereocenters. The van der Waals surface area contributed by atoms with Crippen LogP contribution >= 0.6 is 0 Å². The molecule has 1 N–H and O–H groups in total. The molecule has 1 aliphatic rings. The van der Waals surface area contributed by atoms with Gasteiger partial charge in [-0.2, -0.15) is 0 Å². The van der Waals surface area contributed by atoms with Crippen molar-refractivity contribution in [2.45, 2.75) is 58.9 Å². The van der Waals surface area contributed by atoms with Gasteiger partial charge < -0.3 is 5.32 Å². The Morgan fingerprint density at radius 1 is 1.25 bits per heavy atom. The molecular weight excluding hydrogens is 146 g/mol. The van der Waals surface area contributed by atoms with E-state index in [1.807, 2.05) is 0 Å². The maximum atomic E-state index is 3.72. The molecule has 0 aromatic heterocycles. The zero-order chi connectivity index (χ0) is 9.24. The van der Waals surface area contributed by atoms with E-state index in [1.54, 1.807) is 0 Å². The highest BCUT2D eigenvalue weighted by Gasteiger charge is 2.40. The van der Waals surface area contributed by atoms with Gasteiger partial charge in [-0.15, -0.1) is 0 Å². The summed E-state index contributed by atoms with van der Waals surface area (Å²) in [4.78, 5) is 0. The second-order valence-electron chi connectivity index (χ2n) is 5.07. The smallest absolute Gasteiger partial charge is 0.0227 e. The van der Waals surface area contributed by atoms with E-state index in [1.165, 1.54) is 32.2 Å². The van der Waals surface area contributed by atoms with E-state index >= 15 is 0 Å². The minimum absolute atomic E-state index is 0.405. The molecule has 0 spiro atoms. The molecule has 1 heteroatoms. The zero-order valence-electron chi connectivity index (χ0n) is 9.04. The van der Waals surface area contributed by atoms with E-state index < -0.39 is 0 Å². The number of hydrogen-bond acceptors (Lipinski definition) is 1. The van der Waals surface area contributed by atoms with Gasteiger partial charge in [-0.05, 0) is 31.2 Å². The average molecular weight is 169 g/mol. The summed E-state index contributed by atoms with van der Waals surface area (Å²) in [5, 5.41) is 3.72. The van der Waals surface area contributed by atoms with Crippen LogP contribution in [0.1, 0.15) is 53.4 Å². The molecule has 1 nitrogen and oxygen atoms in total. The third kappa shape index (κ3) is 1.66. The Morgan fingerprint density at radius 2 is 1.92 bits per heavy atom. The Morgan fingerprint density at radius 3 is 2.17 bits per heavy atom. The molecule has 1 unspecified atom stereocenters. The quantitative estimate of drug-likeness (QED) is 0.636. The van der Waals surface area contributed by atoms with Crippen molar-refractivity contribution in [1.29, 1.82) is 0 Å². The van der Waals surface area contributed by atoms with Crippen LogP contribution in [0.5, 0.6) is 0 Å². The van der Waals surface area contributed by atoms with E-state index in [9.17, 15) is 0 Å². The minimum Gasteiger partial charge on any atom is -0.311 e. The van der Waals surface area contributed by atoms with Gasteiger partial charge in [0.25, 0.3) is 0 Å². The SMILES string of the molecule is CCC1(C(C)(C)C)CCCCN1. The molecule has 0 aromatic carbocycles. The van der Waals surface area contributed by atoms with Crippen molar-refractivity contribution in [2.24, 2.45) is 5.41 Å². The molecule has 0 amide bonds. The summed E-state index contributed by atoms with van der Waals surface area (Å²) in [6, 6.07) is 0. The van der Waals surface area contributed by atoms with Crippen LogP contribution in [0.4, 0.5) is 0 Å². The first-order chi connectivity index (χ1) is 5.52. The van der Waals surface area contributed by atoms with Gasteiger partial charge in [0.15, 0.2) is 0 Å². The number of piperidine rings is 1. The molecule has 0 aliphatic carbocycles.